The summed E-state index contributed by atoms with van der Waals surface area (Å²) in [7, 11) is 0. The lowest BCUT2D eigenvalue weighted by molar-refractivity contribution is 0.185. The molecule has 6 heteroatoms. The van der Waals surface area contributed by atoms with Crippen LogP contribution in [0.1, 0.15) is 95.3 Å². The molecule has 4 rings (SSSR count). The van der Waals surface area contributed by atoms with Crippen LogP contribution in [0.5, 0.6) is 0 Å². The summed E-state index contributed by atoms with van der Waals surface area (Å²) in [6, 6.07) is 20.8. The number of hydrogen-bond acceptors (Lipinski definition) is 3. The Balaban J connectivity index is 1.87. The molecule has 0 saturated heterocycles. The molecule has 0 bridgehead atoms. The Labute approximate surface area is 244 Å². The molecule has 3 aromatic carbocycles. The zero-order valence-electron chi connectivity index (χ0n) is 25.7. The van der Waals surface area contributed by atoms with E-state index in [0.717, 1.165) is 34.5 Å². The molecule has 0 fully saturated rings. The van der Waals surface area contributed by atoms with Gasteiger partial charge in [-0.2, -0.15) is 0 Å². The van der Waals surface area contributed by atoms with Crippen LogP contribution in [-0.4, -0.2) is 27.0 Å². The number of para-hydroxylation sites is 3. The van der Waals surface area contributed by atoms with E-state index in [-0.39, 0.29) is 23.4 Å². The van der Waals surface area contributed by atoms with E-state index >= 15 is 0 Å². The summed E-state index contributed by atoms with van der Waals surface area (Å²) in [4.78, 5) is 35.1. The summed E-state index contributed by atoms with van der Waals surface area (Å²) < 4.78 is 1.69. The maximum atomic E-state index is 14.3. The van der Waals surface area contributed by atoms with Gasteiger partial charge in [0.15, 0.2) is 0 Å². The number of nitrogens with zero attached hydrogens (tertiary/aromatic N) is 3. The largest absolute Gasteiger partial charge is 0.322 e. The summed E-state index contributed by atoms with van der Waals surface area (Å²) in [6.45, 7) is 17.4. The second kappa shape index (κ2) is 12.7. The van der Waals surface area contributed by atoms with E-state index in [9.17, 15) is 9.59 Å². The van der Waals surface area contributed by atoms with Crippen LogP contribution in [0.4, 0.5) is 10.5 Å². The van der Waals surface area contributed by atoms with Crippen molar-refractivity contribution >= 4 is 22.6 Å². The third-order valence-electron chi connectivity index (χ3n) is 7.81. The molecule has 0 aliphatic rings. The molecule has 41 heavy (non-hydrogen) atoms. The lowest BCUT2D eigenvalue weighted by Gasteiger charge is -2.32. The number of fused-ring (bicyclic) bond motifs is 1. The third kappa shape index (κ3) is 6.37. The van der Waals surface area contributed by atoms with Gasteiger partial charge in [0, 0.05) is 12.2 Å². The number of anilines is 1. The Morgan fingerprint density at radius 2 is 1.46 bits per heavy atom. The van der Waals surface area contributed by atoms with Crippen molar-refractivity contribution in [1.29, 1.82) is 0 Å². The molecule has 1 N–H and O–H groups in total. The Bertz CT molecular complexity index is 1560. The highest BCUT2D eigenvalue weighted by molar-refractivity contribution is 5.92. The van der Waals surface area contributed by atoms with Crippen LogP contribution >= 0.6 is 0 Å². The van der Waals surface area contributed by atoms with Gasteiger partial charge < -0.3 is 10.2 Å². The van der Waals surface area contributed by atoms with Gasteiger partial charge in [0.05, 0.1) is 22.6 Å². The van der Waals surface area contributed by atoms with E-state index in [4.69, 9.17) is 4.98 Å². The first kappa shape index (κ1) is 30.0. The number of hydrogen-bond donors (Lipinski definition) is 1. The van der Waals surface area contributed by atoms with Crippen molar-refractivity contribution in [2.75, 3.05) is 11.9 Å². The Kier molecular flexibility index (Phi) is 9.31. The van der Waals surface area contributed by atoms with Gasteiger partial charge in [0.25, 0.3) is 5.56 Å². The van der Waals surface area contributed by atoms with E-state index in [1.54, 1.807) is 4.57 Å². The number of aryl methyl sites for hydroxylation is 1. The van der Waals surface area contributed by atoms with Crippen molar-refractivity contribution in [2.45, 2.75) is 79.7 Å². The number of aromatic nitrogens is 2. The fraction of sp³-hybridized carbons (Fsp3) is 0.400. The maximum absolute atomic E-state index is 14.3. The summed E-state index contributed by atoms with van der Waals surface area (Å²) in [5, 5.41) is 3.86. The van der Waals surface area contributed by atoms with Gasteiger partial charge in [-0.15, -0.1) is 0 Å². The first-order valence-corrected chi connectivity index (χ1v) is 14.8. The molecule has 0 aliphatic heterocycles. The lowest BCUT2D eigenvalue weighted by Crippen LogP contribution is -2.41. The number of rotatable bonds is 9. The summed E-state index contributed by atoms with van der Waals surface area (Å²) in [6.07, 6.45) is 0.822. The number of carbonyl (C=O) groups is 1. The van der Waals surface area contributed by atoms with Crippen molar-refractivity contribution in [3.05, 3.63) is 99.6 Å². The predicted octanol–water partition coefficient (Wildman–Crippen LogP) is 8.58. The normalized spacial score (nSPS) is 12.4. The molecule has 4 aromatic rings. The fourth-order valence-electron chi connectivity index (χ4n) is 5.36. The molecule has 0 spiro atoms. The number of urea groups is 1. The van der Waals surface area contributed by atoms with E-state index in [0.29, 0.717) is 29.2 Å². The van der Waals surface area contributed by atoms with E-state index in [1.807, 2.05) is 67.3 Å². The van der Waals surface area contributed by atoms with E-state index < -0.39 is 6.04 Å². The number of nitrogens with one attached hydrogen (secondary N) is 1. The van der Waals surface area contributed by atoms with Crippen molar-refractivity contribution in [2.24, 2.45) is 5.92 Å². The van der Waals surface area contributed by atoms with Gasteiger partial charge in [-0.3, -0.25) is 9.36 Å². The van der Waals surface area contributed by atoms with Crippen LogP contribution in [0.2, 0.25) is 0 Å². The lowest BCUT2D eigenvalue weighted by atomic mass is 9.92. The molecule has 0 aliphatic carbocycles. The maximum Gasteiger partial charge on any atom is 0.322 e. The first-order valence-electron chi connectivity index (χ1n) is 14.8. The standard InChI is InChI=1S/C35H44N4O2/c1-22(2)20-21-38(35(41)37-32-27(23(3)4)16-13-17-28(32)24(5)6)26(8)33-36-30-18-11-10-15-29(30)34(40)39(33)31-19-12-9-14-25(31)7/h9-19,22-24,26H,20-21H2,1-8H3,(H,37,41)/t26-/m0/s1. The van der Waals surface area contributed by atoms with Crippen molar-refractivity contribution in [3.8, 4) is 5.69 Å². The first-order chi connectivity index (χ1) is 19.5. The summed E-state index contributed by atoms with van der Waals surface area (Å²) in [5.74, 6) is 1.44. The van der Waals surface area contributed by atoms with Gasteiger partial charge >= 0.3 is 6.03 Å². The van der Waals surface area contributed by atoms with Crippen LogP contribution in [0.3, 0.4) is 0 Å². The monoisotopic (exact) mass is 552 g/mol. The van der Waals surface area contributed by atoms with Crippen molar-refractivity contribution in [3.63, 3.8) is 0 Å². The van der Waals surface area contributed by atoms with Crippen LogP contribution < -0.4 is 10.9 Å². The topological polar surface area (TPSA) is 67.2 Å². The van der Waals surface area contributed by atoms with Crippen LogP contribution in [0.15, 0.2) is 71.5 Å². The second-order valence-electron chi connectivity index (χ2n) is 12.0. The minimum absolute atomic E-state index is 0.136. The van der Waals surface area contributed by atoms with Crippen LogP contribution in [0.25, 0.3) is 16.6 Å². The van der Waals surface area contributed by atoms with Gasteiger partial charge in [0.1, 0.15) is 5.82 Å². The van der Waals surface area contributed by atoms with Gasteiger partial charge in [-0.25, -0.2) is 9.78 Å². The highest BCUT2D eigenvalue weighted by atomic mass is 16.2. The molecular weight excluding hydrogens is 508 g/mol. The number of amides is 2. The quantitative estimate of drug-likeness (QED) is 0.226. The van der Waals surface area contributed by atoms with Crippen molar-refractivity contribution in [1.82, 2.24) is 14.5 Å². The average Bonchev–Trinajstić information content (AvgIpc) is 2.93. The highest BCUT2D eigenvalue weighted by Crippen LogP contribution is 2.33. The Morgan fingerprint density at radius 3 is 2.07 bits per heavy atom. The predicted molar refractivity (Wildman–Crippen MR) is 170 cm³/mol. The number of benzene rings is 3. The average molecular weight is 553 g/mol. The molecule has 1 heterocycles. The summed E-state index contributed by atoms with van der Waals surface area (Å²) >= 11 is 0. The second-order valence-corrected chi connectivity index (χ2v) is 12.0. The van der Waals surface area contributed by atoms with E-state index in [1.165, 1.54) is 0 Å². The van der Waals surface area contributed by atoms with Gasteiger partial charge in [-0.1, -0.05) is 90.1 Å². The molecule has 2 amide bonds. The van der Waals surface area contributed by atoms with Gasteiger partial charge in [0.2, 0.25) is 0 Å². The summed E-state index contributed by atoms with van der Waals surface area (Å²) in [5.41, 5.74) is 5.33. The Morgan fingerprint density at radius 1 is 0.854 bits per heavy atom. The molecule has 216 valence electrons. The molecule has 0 saturated carbocycles. The zero-order valence-corrected chi connectivity index (χ0v) is 25.7. The molecular formula is C35H44N4O2. The van der Waals surface area contributed by atoms with E-state index in [2.05, 4.69) is 65.1 Å². The smallest absolute Gasteiger partial charge is 0.315 e. The highest BCUT2D eigenvalue weighted by Gasteiger charge is 2.29. The zero-order chi connectivity index (χ0) is 29.8. The minimum atomic E-state index is -0.473. The third-order valence-corrected chi connectivity index (χ3v) is 7.81. The van der Waals surface area contributed by atoms with Crippen LogP contribution in [-0.2, 0) is 0 Å². The molecule has 0 radical (unpaired) electrons. The molecule has 0 unspecified atom stereocenters. The molecule has 1 aromatic heterocycles. The molecule has 1 atom stereocenters. The molecule has 6 nitrogen and oxygen atoms in total. The van der Waals surface area contributed by atoms with Crippen LogP contribution in [0, 0.1) is 12.8 Å². The minimum Gasteiger partial charge on any atom is -0.315 e. The van der Waals surface area contributed by atoms with Gasteiger partial charge in [-0.05, 0) is 72.9 Å². The Hall–Kier alpha value is -3.93. The fourth-order valence-corrected chi connectivity index (χ4v) is 5.36. The SMILES string of the molecule is Cc1ccccc1-n1c([C@H](C)N(CCC(C)C)C(=O)Nc2c(C(C)C)cccc2C(C)C)nc2ccccc2c1=O. The van der Waals surface area contributed by atoms with Crippen molar-refractivity contribution < 1.29 is 4.79 Å². The number of carbonyl (C=O) groups excluding carboxylic acids is 1.